The Kier molecular flexibility index (Phi) is 7.23. The van der Waals surface area contributed by atoms with E-state index in [1.165, 1.54) is 38.5 Å². The molecule has 162 valence electrons. The van der Waals surface area contributed by atoms with Gasteiger partial charge in [-0.2, -0.15) is 0 Å². The Morgan fingerprint density at radius 3 is 2.32 bits per heavy atom. The van der Waals surface area contributed by atoms with Gasteiger partial charge < -0.3 is 9.53 Å². The van der Waals surface area contributed by atoms with E-state index in [2.05, 4.69) is 59.6 Å². The lowest BCUT2D eigenvalue weighted by Gasteiger charge is -2.56. The second-order valence-electron chi connectivity index (χ2n) is 12.0. The van der Waals surface area contributed by atoms with Gasteiger partial charge in [-0.1, -0.05) is 53.4 Å². The quantitative estimate of drug-likeness (QED) is 0.411. The van der Waals surface area contributed by atoms with Crippen molar-refractivity contribution in [2.75, 3.05) is 0 Å². The summed E-state index contributed by atoms with van der Waals surface area (Å²) in [6.45, 7) is 20.4. The van der Waals surface area contributed by atoms with Crippen LogP contribution >= 0.6 is 0 Å². The number of hydrogen-bond acceptors (Lipinski definition) is 2. The summed E-state index contributed by atoms with van der Waals surface area (Å²) in [6, 6.07) is 0. The zero-order valence-electron chi connectivity index (χ0n) is 20.1. The fourth-order valence-corrected chi connectivity index (χ4v) is 6.95. The minimum absolute atomic E-state index is 0.273. The first-order valence-electron chi connectivity index (χ1n) is 11.6. The van der Waals surface area contributed by atoms with Crippen molar-refractivity contribution in [3.63, 3.8) is 0 Å². The Balaban J connectivity index is 2.17. The van der Waals surface area contributed by atoms with Gasteiger partial charge in [0.15, 0.2) is 8.32 Å². The van der Waals surface area contributed by atoms with Crippen molar-refractivity contribution in [1.29, 1.82) is 0 Å². The third-order valence-corrected chi connectivity index (χ3v) is 12.6. The molecule has 28 heavy (non-hydrogen) atoms. The fourth-order valence-electron chi connectivity index (χ4n) is 5.56. The van der Waals surface area contributed by atoms with E-state index in [0.717, 1.165) is 6.42 Å². The third-order valence-electron chi connectivity index (χ3n) is 8.13. The van der Waals surface area contributed by atoms with Crippen LogP contribution in [0.15, 0.2) is 0 Å². The maximum absolute atomic E-state index is 9.90. The molecule has 0 bridgehead atoms. The second-order valence-corrected chi connectivity index (χ2v) is 16.8. The molecule has 2 rings (SSSR count). The van der Waals surface area contributed by atoms with Crippen LogP contribution in [0.25, 0.3) is 0 Å². The average Bonchev–Trinajstić information content (AvgIpc) is 2.51. The molecule has 2 fully saturated rings. The number of aliphatic hydroxyl groups is 1. The van der Waals surface area contributed by atoms with Crippen LogP contribution in [-0.2, 0) is 4.43 Å². The molecule has 1 N–H and O–H groups in total. The molecule has 0 aliphatic heterocycles. The first kappa shape index (κ1) is 24.0. The lowest BCUT2D eigenvalue weighted by Crippen LogP contribution is -2.54. The largest absolute Gasteiger partial charge is 0.414 e. The Morgan fingerprint density at radius 2 is 1.75 bits per heavy atom. The molecule has 0 radical (unpaired) electrons. The SMILES string of the molecule is CC(CC#CC(C)(C)O)[C@H]1CCC[C@H]2[C@@H](O[Si](C)(C)C(C)(C)C)CCC[C@]12C. The van der Waals surface area contributed by atoms with E-state index in [1.54, 1.807) is 13.8 Å². The van der Waals surface area contributed by atoms with Gasteiger partial charge in [0.2, 0.25) is 0 Å². The third kappa shape index (κ3) is 5.44. The minimum Gasteiger partial charge on any atom is -0.414 e. The van der Waals surface area contributed by atoms with Crippen LogP contribution in [0.3, 0.4) is 0 Å². The van der Waals surface area contributed by atoms with Crippen molar-refractivity contribution >= 4 is 8.32 Å². The van der Waals surface area contributed by atoms with Gasteiger partial charge in [0.25, 0.3) is 0 Å². The molecule has 2 aliphatic rings. The standard InChI is InChI=1S/C25H46O2Si/c1-19(13-11-17-24(5,6)26)20-14-10-15-21-22(16-12-18-25(20,21)7)27-28(8,9)23(2,3)4/h19-22,26H,10,12-16,18H2,1-9H3/t19?,20-,21+,22+,25-/m1/s1. The summed E-state index contributed by atoms with van der Waals surface area (Å²) in [5.41, 5.74) is -0.509. The highest BCUT2D eigenvalue weighted by Gasteiger charge is 2.52. The van der Waals surface area contributed by atoms with E-state index in [1.807, 2.05) is 0 Å². The summed E-state index contributed by atoms with van der Waals surface area (Å²) < 4.78 is 7.01. The number of fused-ring (bicyclic) bond motifs is 1. The van der Waals surface area contributed by atoms with Gasteiger partial charge >= 0.3 is 0 Å². The molecule has 0 aromatic rings. The van der Waals surface area contributed by atoms with Crippen LogP contribution < -0.4 is 0 Å². The van der Waals surface area contributed by atoms with E-state index in [9.17, 15) is 5.11 Å². The molecule has 2 aliphatic carbocycles. The molecule has 3 heteroatoms. The van der Waals surface area contributed by atoms with E-state index in [-0.39, 0.29) is 5.04 Å². The molecule has 0 heterocycles. The highest BCUT2D eigenvalue weighted by Crippen LogP contribution is 2.57. The maximum Gasteiger partial charge on any atom is 0.192 e. The summed E-state index contributed by atoms with van der Waals surface area (Å²) in [4.78, 5) is 0. The van der Waals surface area contributed by atoms with Gasteiger partial charge in [0, 0.05) is 12.5 Å². The minimum atomic E-state index is -1.74. The molecular formula is C25H46O2Si. The van der Waals surface area contributed by atoms with Gasteiger partial charge in [-0.05, 0) is 80.8 Å². The summed E-state index contributed by atoms with van der Waals surface area (Å²) in [5.74, 6) is 8.29. The molecule has 5 atom stereocenters. The van der Waals surface area contributed by atoms with Gasteiger partial charge in [-0.15, -0.1) is 5.92 Å². The van der Waals surface area contributed by atoms with Crippen LogP contribution in [0.1, 0.15) is 93.4 Å². The van der Waals surface area contributed by atoms with Crippen molar-refractivity contribution in [3.8, 4) is 11.8 Å². The first-order valence-corrected chi connectivity index (χ1v) is 14.5. The molecule has 1 unspecified atom stereocenters. The summed E-state index contributed by atoms with van der Waals surface area (Å²) in [7, 11) is -1.74. The number of hydrogen-bond donors (Lipinski definition) is 1. The van der Waals surface area contributed by atoms with Crippen molar-refractivity contribution in [1.82, 2.24) is 0 Å². The van der Waals surface area contributed by atoms with Crippen LogP contribution in [-0.4, -0.2) is 25.1 Å². The van der Waals surface area contributed by atoms with Crippen molar-refractivity contribution in [2.45, 2.75) is 123 Å². The Bertz CT molecular complexity index is 586. The molecule has 2 saturated carbocycles. The van der Waals surface area contributed by atoms with E-state index in [4.69, 9.17) is 4.43 Å². The molecule has 0 aromatic carbocycles. The van der Waals surface area contributed by atoms with E-state index < -0.39 is 13.9 Å². The average molecular weight is 407 g/mol. The van der Waals surface area contributed by atoms with E-state index >= 15 is 0 Å². The fraction of sp³-hybridized carbons (Fsp3) is 0.920. The Labute approximate surface area is 176 Å². The normalized spacial score (nSPS) is 32.9. The van der Waals surface area contributed by atoms with Crippen LogP contribution in [0.5, 0.6) is 0 Å². The molecule has 2 nitrogen and oxygen atoms in total. The Hall–Kier alpha value is -0.303. The maximum atomic E-state index is 9.90. The molecular weight excluding hydrogens is 360 g/mol. The van der Waals surface area contributed by atoms with Crippen molar-refractivity contribution < 1.29 is 9.53 Å². The zero-order chi connectivity index (χ0) is 21.4. The topological polar surface area (TPSA) is 29.5 Å². The summed E-state index contributed by atoms with van der Waals surface area (Å²) >= 11 is 0. The predicted octanol–water partition coefficient (Wildman–Crippen LogP) is 6.78. The lowest BCUT2D eigenvalue weighted by molar-refractivity contribution is -0.0860. The van der Waals surface area contributed by atoms with Gasteiger partial charge in [-0.25, -0.2) is 0 Å². The van der Waals surface area contributed by atoms with Crippen molar-refractivity contribution in [3.05, 3.63) is 0 Å². The molecule has 0 amide bonds. The number of rotatable bonds is 4. The molecule has 0 aromatic heterocycles. The summed E-state index contributed by atoms with van der Waals surface area (Å²) in [6.07, 6.45) is 9.19. The molecule has 0 spiro atoms. The van der Waals surface area contributed by atoms with E-state index in [0.29, 0.717) is 29.3 Å². The highest BCUT2D eigenvalue weighted by molar-refractivity contribution is 6.74. The highest BCUT2D eigenvalue weighted by atomic mass is 28.4. The van der Waals surface area contributed by atoms with Gasteiger partial charge in [0.05, 0.1) is 0 Å². The van der Waals surface area contributed by atoms with Crippen LogP contribution in [0.4, 0.5) is 0 Å². The second kappa shape index (κ2) is 8.44. The zero-order valence-corrected chi connectivity index (χ0v) is 21.1. The van der Waals surface area contributed by atoms with Crippen molar-refractivity contribution in [2.24, 2.45) is 23.2 Å². The van der Waals surface area contributed by atoms with Crippen LogP contribution in [0.2, 0.25) is 18.1 Å². The van der Waals surface area contributed by atoms with Gasteiger partial charge in [-0.3, -0.25) is 0 Å². The predicted molar refractivity (Wildman–Crippen MR) is 123 cm³/mol. The molecule has 0 saturated heterocycles. The van der Waals surface area contributed by atoms with Gasteiger partial charge in [0.1, 0.15) is 5.60 Å². The van der Waals surface area contributed by atoms with Crippen LogP contribution in [0, 0.1) is 35.0 Å². The smallest absolute Gasteiger partial charge is 0.192 e. The Morgan fingerprint density at radius 1 is 1.11 bits per heavy atom. The monoisotopic (exact) mass is 406 g/mol. The lowest BCUT2D eigenvalue weighted by atomic mass is 9.52. The summed E-state index contributed by atoms with van der Waals surface area (Å²) in [5, 5.41) is 10.2. The first-order chi connectivity index (χ1) is 12.7.